The number of methoxy groups -OCH3 is 1. The van der Waals surface area contributed by atoms with Gasteiger partial charge in [-0.05, 0) is 30.2 Å². The molecule has 0 saturated heterocycles. The third-order valence-electron chi connectivity index (χ3n) is 4.80. The highest BCUT2D eigenvalue weighted by Crippen LogP contribution is 2.30. The molecule has 2 aromatic carbocycles. The van der Waals surface area contributed by atoms with E-state index in [4.69, 9.17) is 16.3 Å². The SMILES string of the molecule is CNC(=O)c1ccc(OC)cc1Nc1ncc(Cl)c(Nc2ccccc2S(=O)(=O)NCC(C)C)n1. The van der Waals surface area contributed by atoms with Gasteiger partial charge in [0.1, 0.15) is 15.7 Å². The molecule has 0 aliphatic carbocycles. The van der Waals surface area contributed by atoms with Crippen LogP contribution in [-0.4, -0.2) is 45.0 Å². The quantitative estimate of drug-likeness (QED) is 0.317. The predicted octanol–water partition coefficient (Wildman–Crippen LogP) is 3.92. The van der Waals surface area contributed by atoms with Crippen molar-refractivity contribution in [3.63, 3.8) is 0 Å². The lowest BCUT2D eigenvalue weighted by atomic mass is 10.1. The minimum Gasteiger partial charge on any atom is -0.497 e. The summed E-state index contributed by atoms with van der Waals surface area (Å²) in [4.78, 5) is 20.9. The lowest BCUT2D eigenvalue weighted by molar-refractivity contribution is 0.0964. The van der Waals surface area contributed by atoms with Crippen LogP contribution in [0.2, 0.25) is 5.02 Å². The summed E-state index contributed by atoms with van der Waals surface area (Å²) in [6, 6.07) is 11.3. The Bertz CT molecular complexity index is 1320. The fourth-order valence-corrected chi connectivity index (χ4v) is 4.52. The van der Waals surface area contributed by atoms with Crippen LogP contribution >= 0.6 is 11.6 Å². The van der Waals surface area contributed by atoms with Crippen molar-refractivity contribution in [1.29, 1.82) is 0 Å². The van der Waals surface area contributed by atoms with E-state index in [1.807, 2.05) is 13.8 Å². The fraction of sp³-hybridized carbons (Fsp3) is 0.261. The zero-order chi connectivity index (χ0) is 25.6. The van der Waals surface area contributed by atoms with E-state index in [-0.39, 0.29) is 33.5 Å². The molecule has 0 aliphatic rings. The highest BCUT2D eigenvalue weighted by molar-refractivity contribution is 7.89. The number of carbonyl (C=O) groups is 1. The van der Waals surface area contributed by atoms with E-state index in [0.29, 0.717) is 29.2 Å². The van der Waals surface area contributed by atoms with Gasteiger partial charge in [-0.1, -0.05) is 37.6 Å². The van der Waals surface area contributed by atoms with Crippen molar-refractivity contribution >= 4 is 50.7 Å². The summed E-state index contributed by atoms with van der Waals surface area (Å²) in [5.41, 5.74) is 1.06. The van der Waals surface area contributed by atoms with Gasteiger partial charge in [-0.2, -0.15) is 4.98 Å². The maximum Gasteiger partial charge on any atom is 0.253 e. The number of aromatic nitrogens is 2. The molecule has 0 atom stereocenters. The average Bonchev–Trinajstić information content (AvgIpc) is 2.84. The van der Waals surface area contributed by atoms with Gasteiger partial charge in [-0.15, -0.1) is 0 Å². The Labute approximate surface area is 209 Å². The van der Waals surface area contributed by atoms with Crippen molar-refractivity contribution in [2.75, 3.05) is 31.3 Å². The van der Waals surface area contributed by atoms with Crippen molar-refractivity contribution < 1.29 is 17.9 Å². The molecule has 1 amide bonds. The zero-order valence-corrected chi connectivity index (χ0v) is 21.3. The molecule has 0 spiro atoms. The molecule has 3 rings (SSSR count). The van der Waals surface area contributed by atoms with E-state index >= 15 is 0 Å². The Morgan fingerprint density at radius 1 is 1.11 bits per heavy atom. The molecule has 3 aromatic rings. The minimum absolute atomic E-state index is 0.0551. The van der Waals surface area contributed by atoms with Crippen molar-refractivity contribution in [2.45, 2.75) is 18.7 Å². The predicted molar refractivity (Wildman–Crippen MR) is 136 cm³/mol. The van der Waals surface area contributed by atoms with Crippen LogP contribution in [0.3, 0.4) is 0 Å². The number of hydrogen-bond acceptors (Lipinski definition) is 8. The van der Waals surface area contributed by atoms with Crippen LogP contribution in [0.15, 0.2) is 53.6 Å². The first-order valence-electron chi connectivity index (χ1n) is 10.7. The van der Waals surface area contributed by atoms with Crippen LogP contribution in [0.5, 0.6) is 5.75 Å². The summed E-state index contributed by atoms with van der Waals surface area (Å²) in [5, 5.41) is 8.74. The topological polar surface area (TPSA) is 134 Å². The monoisotopic (exact) mass is 518 g/mol. The van der Waals surface area contributed by atoms with Crippen LogP contribution in [0, 0.1) is 5.92 Å². The number of para-hydroxylation sites is 1. The molecule has 1 aromatic heterocycles. The molecule has 1 heterocycles. The van der Waals surface area contributed by atoms with Crippen molar-refractivity contribution in [1.82, 2.24) is 20.0 Å². The van der Waals surface area contributed by atoms with E-state index in [0.717, 1.165) is 0 Å². The summed E-state index contributed by atoms with van der Waals surface area (Å²) in [6.45, 7) is 4.13. The van der Waals surface area contributed by atoms with Crippen LogP contribution in [0.1, 0.15) is 24.2 Å². The normalized spacial score (nSPS) is 11.3. The molecule has 35 heavy (non-hydrogen) atoms. The molecule has 0 bridgehead atoms. The zero-order valence-electron chi connectivity index (χ0n) is 19.7. The number of nitrogens with one attached hydrogen (secondary N) is 4. The summed E-state index contributed by atoms with van der Waals surface area (Å²) in [5.74, 6) is 0.677. The van der Waals surface area contributed by atoms with E-state index in [2.05, 4.69) is 30.6 Å². The fourth-order valence-electron chi connectivity index (χ4n) is 3.01. The Kier molecular flexibility index (Phi) is 8.49. The maximum atomic E-state index is 12.9. The molecular formula is C23H27ClN6O4S. The van der Waals surface area contributed by atoms with E-state index in [1.54, 1.807) is 36.4 Å². The van der Waals surface area contributed by atoms with Crippen molar-refractivity contribution in [2.24, 2.45) is 5.92 Å². The van der Waals surface area contributed by atoms with E-state index in [9.17, 15) is 13.2 Å². The first kappa shape index (κ1) is 26.2. The number of nitrogens with zero attached hydrogens (tertiary/aromatic N) is 2. The lowest BCUT2D eigenvalue weighted by Gasteiger charge is -2.15. The van der Waals surface area contributed by atoms with E-state index < -0.39 is 10.0 Å². The molecule has 0 fully saturated rings. The van der Waals surface area contributed by atoms with Gasteiger partial charge in [0.25, 0.3) is 5.91 Å². The molecule has 0 aliphatic heterocycles. The molecule has 4 N–H and O–H groups in total. The Hall–Kier alpha value is -3.41. The van der Waals surface area contributed by atoms with Gasteiger partial charge < -0.3 is 20.7 Å². The van der Waals surface area contributed by atoms with Gasteiger partial charge >= 0.3 is 0 Å². The Morgan fingerprint density at radius 2 is 1.86 bits per heavy atom. The number of amides is 1. The summed E-state index contributed by atoms with van der Waals surface area (Å²) in [7, 11) is -0.735. The van der Waals surface area contributed by atoms with Crippen molar-refractivity contribution in [3.8, 4) is 5.75 Å². The van der Waals surface area contributed by atoms with E-state index in [1.165, 1.54) is 26.4 Å². The third kappa shape index (κ3) is 6.59. The number of sulfonamides is 1. The van der Waals surface area contributed by atoms with Gasteiger partial charge in [-0.25, -0.2) is 18.1 Å². The molecule has 10 nitrogen and oxygen atoms in total. The summed E-state index contributed by atoms with van der Waals surface area (Å²) in [6.07, 6.45) is 1.37. The average molecular weight is 519 g/mol. The molecule has 186 valence electrons. The number of halogens is 1. The van der Waals surface area contributed by atoms with Crippen LogP contribution < -0.4 is 25.4 Å². The highest BCUT2D eigenvalue weighted by Gasteiger charge is 2.20. The summed E-state index contributed by atoms with van der Waals surface area (Å²) >= 11 is 6.31. The highest BCUT2D eigenvalue weighted by atomic mass is 35.5. The number of hydrogen-bond donors (Lipinski definition) is 4. The smallest absolute Gasteiger partial charge is 0.253 e. The lowest BCUT2D eigenvalue weighted by Crippen LogP contribution is -2.28. The minimum atomic E-state index is -3.78. The first-order valence-corrected chi connectivity index (χ1v) is 12.6. The van der Waals surface area contributed by atoms with Gasteiger partial charge in [-0.3, -0.25) is 4.79 Å². The second-order valence-electron chi connectivity index (χ2n) is 7.87. The second-order valence-corrected chi connectivity index (χ2v) is 10.0. The maximum absolute atomic E-state index is 12.9. The standard InChI is InChI=1S/C23H27ClN6O4S/c1-14(2)12-27-35(32,33)20-8-6-5-7-18(20)28-21-17(24)13-26-23(30-21)29-19-11-15(34-4)9-10-16(19)22(31)25-3/h5-11,13-14,27H,12H2,1-4H3,(H,25,31)(H2,26,28,29,30). The van der Waals surface area contributed by atoms with Crippen LogP contribution in [0.4, 0.5) is 23.1 Å². The van der Waals surface area contributed by atoms with Crippen LogP contribution in [-0.2, 0) is 10.0 Å². The first-order chi connectivity index (χ1) is 16.6. The summed E-state index contributed by atoms with van der Waals surface area (Å²) < 4.78 is 33.6. The largest absolute Gasteiger partial charge is 0.497 e. The number of anilines is 4. The number of rotatable bonds is 10. The van der Waals surface area contributed by atoms with Gasteiger partial charge in [0.15, 0.2) is 5.82 Å². The number of ether oxygens (including phenoxy) is 1. The Balaban J connectivity index is 1.94. The van der Waals surface area contributed by atoms with Crippen molar-refractivity contribution in [3.05, 3.63) is 59.2 Å². The van der Waals surface area contributed by atoms with Gasteiger partial charge in [0, 0.05) is 19.7 Å². The van der Waals surface area contributed by atoms with Gasteiger partial charge in [0.05, 0.1) is 30.2 Å². The molecule has 0 radical (unpaired) electrons. The Morgan fingerprint density at radius 3 is 2.54 bits per heavy atom. The number of carbonyl (C=O) groups excluding carboxylic acids is 1. The van der Waals surface area contributed by atoms with Gasteiger partial charge in [0.2, 0.25) is 16.0 Å². The number of benzene rings is 2. The third-order valence-corrected chi connectivity index (χ3v) is 6.56. The molecule has 0 unspecified atom stereocenters. The molecule has 0 saturated carbocycles. The molecule has 12 heteroatoms. The van der Waals surface area contributed by atoms with Crippen LogP contribution in [0.25, 0.3) is 0 Å². The second kappa shape index (κ2) is 11.3. The molecular weight excluding hydrogens is 492 g/mol.